The Balaban J connectivity index is 1.57. The molecule has 2 aliphatic rings. The molecule has 0 saturated carbocycles. The highest BCUT2D eigenvalue weighted by atomic mass is 16.5. The number of carboxylic acid groups (broad SMARTS) is 1. The Hall–Kier alpha value is -3.58. The van der Waals surface area contributed by atoms with E-state index in [1.165, 1.54) is 0 Å². The maximum Gasteiger partial charge on any atom is 0.337 e. The summed E-state index contributed by atoms with van der Waals surface area (Å²) in [4.78, 5) is 20.0. The zero-order valence-corrected chi connectivity index (χ0v) is 26.0. The molecule has 5 rings (SSSR count). The van der Waals surface area contributed by atoms with Crippen molar-refractivity contribution in [3.63, 3.8) is 0 Å². The number of aromatic nitrogens is 1. The molecular formula is C35H44N2O5. The molecule has 0 amide bonds. The summed E-state index contributed by atoms with van der Waals surface area (Å²) in [5.41, 5.74) is 5.67. The Morgan fingerprint density at radius 1 is 1.05 bits per heavy atom. The van der Waals surface area contributed by atoms with Crippen molar-refractivity contribution in [1.82, 2.24) is 4.98 Å². The number of aliphatic carboxylic acids is 1. The molecule has 2 unspecified atom stereocenters. The molecule has 0 spiro atoms. The van der Waals surface area contributed by atoms with Crippen LogP contribution >= 0.6 is 0 Å². The fourth-order valence-corrected chi connectivity index (χ4v) is 6.05. The summed E-state index contributed by atoms with van der Waals surface area (Å²) in [6.45, 7) is 16.5. The molecule has 2 aromatic carbocycles. The first kappa shape index (κ1) is 29.9. The lowest BCUT2D eigenvalue weighted by atomic mass is 9.82. The molecule has 7 heteroatoms. The summed E-state index contributed by atoms with van der Waals surface area (Å²) in [6.07, 6.45) is 1.60. The Labute approximate surface area is 249 Å². The Morgan fingerprint density at radius 2 is 1.71 bits per heavy atom. The second-order valence-corrected chi connectivity index (χ2v) is 13.3. The van der Waals surface area contributed by atoms with E-state index in [-0.39, 0.29) is 11.5 Å². The third kappa shape index (κ3) is 6.41. The first-order chi connectivity index (χ1) is 19.8. The number of piperidine rings is 1. The summed E-state index contributed by atoms with van der Waals surface area (Å²) < 4.78 is 18.4. The first-order valence-corrected chi connectivity index (χ1v) is 15.0. The van der Waals surface area contributed by atoms with Crippen molar-refractivity contribution in [3.05, 3.63) is 71.0 Å². The van der Waals surface area contributed by atoms with Gasteiger partial charge in [0.2, 0.25) is 0 Å². The molecule has 3 heterocycles. The lowest BCUT2D eigenvalue weighted by Gasteiger charge is -2.41. The van der Waals surface area contributed by atoms with Gasteiger partial charge in [0.25, 0.3) is 0 Å². The van der Waals surface area contributed by atoms with Crippen LogP contribution in [0, 0.1) is 19.3 Å². The summed E-state index contributed by atoms with van der Waals surface area (Å²) >= 11 is 0. The maximum atomic E-state index is 12.7. The van der Waals surface area contributed by atoms with E-state index in [0.29, 0.717) is 17.9 Å². The molecule has 7 nitrogen and oxygen atoms in total. The summed E-state index contributed by atoms with van der Waals surface area (Å²) in [5.74, 6) is 0.641. The van der Waals surface area contributed by atoms with Gasteiger partial charge in [0.15, 0.2) is 6.10 Å². The Morgan fingerprint density at radius 3 is 2.36 bits per heavy atom. The molecule has 1 fully saturated rings. The highest BCUT2D eigenvalue weighted by Gasteiger charge is 2.36. The van der Waals surface area contributed by atoms with Crippen LogP contribution in [0.15, 0.2) is 48.5 Å². The van der Waals surface area contributed by atoms with E-state index in [2.05, 4.69) is 36.9 Å². The van der Waals surface area contributed by atoms with E-state index in [1.807, 2.05) is 65.0 Å². The monoisotopic (exact) mass is 572 g/mol. The number of carboxylic acids is 1. The predicted octanol–water partition coefficient (Wildman–Crippen LogP) is 7.84. The second kappa shape index (κ2) is 11.6. The summed E-state index contributed by atoms with van der Waals surface area (Å²) in [6, 6.07) is 16.1. The molecule has 0 aliphatic carbocycles. The minimum atomic E-state index is -1.14. The van der Waals surface area contributed by atoms with Crippen molar-refractivity contribution >= 4 is 11.7 Å². The highest BCUT2D eigenvalue weighted by Crippen LogP contribution is 2.45. The van der Waals surface area contributed by atoms with Gasteiger partial charge in [-0.15, -0.1) is 0 Å². The van der Waals surface area contributed by atoms with E-state index in [0.717, 1.165) is 71.9 Å². The number of nitrogens with zero attached hydrogens (tertiary/aromatic N) is 2. The third-order valence-corrected chi connectivity index (χ3v) is 8.29. The number of aryl methyl sites for hydroxylation is 2. The number of rotatable bonds is 7. The molecule has 224 valence electrons. The van der Waals surface area contributed by atoms with Crippen LogP contribution in [0.25, 0.3) is 11.1 Å². The van der Waals surface area contributed by atoms with Crippen molar-refractivity contribution in [1.29, 1.82) is 0 Å². The van der Waals surface area contributed by atoms with Gasteiger partial charge in [-0.05, 0) is 76.6 Å². The van der Waals surface area contributed by atoms with Gasteiger partial charge in [0.1, 0.15) is 17.6 Å². The Bertz CT molecular complexity index is 1430. The van der Waals surface area contributed by atoms with Crippen LogP contribution in [0.3, 0.4) is 0 Å². The maximum absolute atomic E-state index is 12.7. The topological polar surface area (TPSA) is 81.1 Å². The molecule has 0 bridgehead atoms. The number of carbonyl (C=O) groups is 1. The third-order valence-electron chi connectivity index (χ3n) is 8.29. The van der Waals surface area contributed by atoms with Gasteiger partial charge in [-0.25, -0.2) is 4.79 Å². The van der Waals surface area contributed by atoms with Gasteiger partial charge >= 0.3 is 5.97 Å². The van der Waals surface area contributed by atoms with Crippen LogP contribution in [-0.4, -0.2) is 41.4 Å². The van der Waals surface area contributed by atoms with Crippen LogP contribution < -0.4 is 14.4 Å². The minimum Gasteiger partial charge on any atom is -0.493 e. The van der Waals surface area contributed by atoms with E-state index in [9.17, 15) is 9.90 Å². The number of fused-ring (bicyclic) bond motifs is 1. The van der Waals surface area contributed by atoms with Crippen molar-refractivity contribution in [2.45, 2.75) is 85.5 Å². The summed E-state index contributed by atoms with van der Waals surface area (Å²) in [7, 11) is 0. The van der Waals surface area contributed by atoms with E-state index in [4.69, 9.17) is 19.2 Å². The molecule has 2 atom stereocenters. The van der Waals surface area contributed by atoms with Crippen LogP contribution in [-0.2, 0) is 9.53 Å². The number of hydrogen-bond acceptors (Lipinski definition) is 6. The van der Waals surface area contributed by atoms with Crippen molar-refractivity contribution < 1.29 is 24.1 Å². The van der Waals surface area contributed by atoms with Gasteiger partial charge in [0, 0.05) is 47.6 Å². The molecule has 3 aromatic rings. The highest BCUT2D eigenvalue weighted by molar-refractivity contribution is 5.88. The van der Waals surface area contributed by atoms with Gasteiger partial charge in [-0.2, -0.15) is 0 Å². The molecule has 0 radical (unpaired) electrons. The Kier molecular flexibility index (Phi) is 8.26. The molecule has 42 heavy (non-hydrogen) atoms. The zero-order valence-electron chi connectivity index (χ0n) is 26.0. The lowest BCUT2D eigenvalue weighted by molar-refractivity contribution is -0.160. The standard InChI is InChI=1S/C35H44N2O5/c1-22-29(24-12-14-25(15-13-24)41-28-16-21-40-27-11-9-8-10-26(27)28)31(37-19-17-35(6,7)18-20-37)30(23(2)36-22)32(33(38)39)42-34(3,4)5/h8-15,28,32H,16-21H2,1-7H3,(H,38,39). The SMILES string of the molecule is Cc1nc(C)c(C(OC(C)(C)C)C(=O)O)c(N2CCC(C)(C)CC2)c1-c1ccc(OC2CCOc3ccccc32)cc1. The fourth-order valence-electron chi connectivity index (χ4n) is 6.05. The number of hydrogen-bond donors (Lipinski definition) is 1. The second-order valence-electron chi connectivity index (χ2n) is 13.3. The molecule has 2 aliphatic heterocycles. The van der Waals surface area contributed by atoms with Crippen molar-refractivity contribution in [3.8, 4) is 22.6 Å². The largest absolute Gasteiger partial charge is 0.493 e. The van der Waals surface area contributed by atoms with Crippen molar-refractivity contribution in [2.75, 3.05) is 24.6 Å². The van der Waals surface area contributed by atoms with E-state index >= 15 is 0 Å². The van der Waals surface area contributed by atoms with Crippen LogP contribution in [0.4, 0.5) is 5.69 Å². The lowest BCUT2D eigenvalue weighted by Crippen LogP contribution is -2.39. The van der Waals surface area contributed by atoms with Crippen LogP contribution in [0.5, 0.6) is 11.5 Å². The minimum absolute atomic E-state index is 0.0756. The van der Waals surface area contributed by atoms with Gasteiger partial charge in [-0.1, -0.05) is 44.2 Å². The molecule has 1 saturated heterocycles. The number of benzene rings is 2. The van der Waals surface area contributed by atoms with Gasteiger partial charge < -0.3 is 24.2 Å². The number of pyridine rings is 1. The molecule has 1 aromatic heterocycles. The first-order valence-electron chi connectivity index (χ1n) is 15.0. The quantitative estimate of drug-likeness (QED) is 0.309. The predicted molar refractivity (Wildman–Crippen MR) is 166 cm³/mol. The van der Waals surface area contributed by atoms with Gasteiger partial charge in [0.05, 0.1) is 17.9 Å². The van der Waals surface area contributed by atoms with Crippen molar-refractivity contribution in [2.24, 2.45) is 5.41 Å². The average molecular weight is 573 g/mol. The van der Waals surface area contributed by atoms with Gasteiger partial charge in [-0.3, -0.25) is 4.98 Å². The fraction of sp³-hybridized carbons (Fsp3) is 0.486. The number of anilines is 1. The molecular weight excluding hydrogens is 528 g/mol. The normalized spacial score (nSPS) is 19.0. The van der Waals surface area contributed by atoms with E-state index < -0.39 is 17.7 Å². The molecule has 1 N–H and O–H groups in total. The van der Waals surface area contributed by atoms with Crippen LogP contribution in [0.1, 0.15) is 88.6 Å². The number of para-hydroxylation sites is 1. The smallest absolute Gasteiger partial charge is 0.337 e. The number of ether oxygens (including phenoxy) is 3. The summed E-state index contributed by atoms with van der Waals surface area (Å²) in [5, 5.41) is 10.4. The van der Waals surface area contributed by atoms with E-state index in [1.54, 1.807) is 0 Å². The zero-order chi connectivity index (χ0) is 30.2. The average Bonchev–Trinajstić information content (AvgIpc) is 2.92. The van der Waals surface area contributed by atoms with Crippen LogP contribution in [0.2, 0.25) is 0 Å².